The molecule has 0 saturated carbocycles. The minimum atomic E-state index is -0.231. The third kappa shape index (κ3) is 4.54. The molecule has 0 unspecified atom stereocenters. The molecule has 158 valence electrons. The number of fused-ring (bicyclic) bond motifs is 1. The zero-order valence-corrected chi connectivity index (χ0v) is 18.1. The minimum Gasteiger partial charge on any atom is -0.497 e. The molecule has 0 radical (unpaired) electrons. The number of aromatic nitrogens is 5. The number of rotatable bonds is 7. The van der Waals surface area contributed by atoms with Crippen LogP contribution in [0.25, 0.3) is 16.9 Å². The first kappa shape index (κ1) is 20.9. The Morgan fingerprint density at radius 1 is 1.16 bits per heavy atom. The zero-order valence-electron chi connectivity index (χ0n) is 16.6. The highest BCUT2D eigenvalue weighted by atomic mass is 35.5. The van der Waals surface area contributed by atoms with Crippen LogP contribution in [0.15, 0.2) is 53.8 Å². The highest BCUT2D eigenvalue weighted by molar-refractivity contribution is 8.00. The summed E-state index contributed by atoms with van der Waals surface area (Å²) in [7, 11) is 3.09. The summed E-state index contributed by atoms with van der Waals surface area (Å²) >= 11 is 7.31. The Bertz CT molecular complexity index is 1250. The number of thioether (sulfide) groups is 1. The van der Waals surface area contributed by atoms with E-state index in [2.05, 4.69) is 25.6 Å². The molecule has 0 aliphatic carbocycles. The van der Waals surface area contributed by atoms with Crippen molar-refractivity contribution in [2.45, 2.75) is 5.03 Å². The maximum Gasteiger partial charge on any atom is 0.234 e. The summed E-state index contributed by atoms with van der Waals surface area (Å²) in [6.07, 6.45) is 1.41. The SMILES string of the molecule is COc1ccc(OC)c(NC(=O)CSc2ncnc3c2nnn3-c2cccc(Cl)c2)c1. The third-order valence-electron chi connectivity index (χ3n) is 4.28. The average Bonchev–Trinajstić information content (AvgIpc) is 3.22. The van der Waals surface area contributed by atoms with E-state index in [1.165, 1.54) is 25.2 Å². The lowest BCUT2D eigenvalue weighted by atomic mass is 10.2. The van der Waals surface area contributed by atoms with Gasteiger partial charge < -0.3 is 14.8 Å². The number of nitrogens with one attached hydrogen (secondary N) is 1. The number of methoxy groups -OCH3 is 2. The Kier molecular flexibility index (Phi) is 6.19. The second-order valence-electron chi connectivity index (χ2n) is 6.24. The molecule has 0 spiro atoms. The number of hydrogen-bond acceptors (Lipinski definition) is 8. The molecule has 0 atom stereocenters. The minimum absolute atomic E-state index is 0.108. The second kappa shape index (κ2) is 9.19. The molecule has 31 heavy (non-hydrogen) atoms. The van der Waals surface area contributed by atoms with Crippen molar-refractivity contribution in [3.8, 4) is 17.2 Å². The van der Waals surface area contributed by atoms with Crippen LogP contribution in [0.5, 0.6) is 11.5 Å². The highest BCUT2D eigenvalue weighted by Crippen LogP contribution is 2.30. The van der Waals surface area contributed by atoms with Gasteiger partial charge in [0.05, 0.1) is 31.3 Å². The Hall–Kier alpha value is -3.37. The van der Waals surface area contributed by atoms with Crippen LogP contribution in [-0.4, -0.2) is 50.8 Å². The topological polar surface area (TPSA) is 104 Å². The van der Waals surface area contributed by atoms with Crippen LogP contribution in [0, 0.1) is 0 Å². The van der Waals surface area contributed by atoms with E-state index in [0.717, 1.165) is 5.69 Å². The van der Waals surface area contributed by atoms with Crippen LogP contribution < -0.4 is 14.8 Å². The van der Waals surface area contributed by atoms with Gasteiger partial charge in [0.2, 0.25) is 5.91 Å². The maximum atomic E-state index is 12.5. The van der Waals surface area contributed by atoms with Crippen LogP contribution in [0.4, 0.5) is 5.69 Å². The van der Waals surface area contributed by atoms with Gasteiger partial charge in [-0.25, -0.2) is 9.97 Å². The molecule has 0 bridgehead atoms. The molecule has 0 fully saturated rings. The van der Waals surface area contributed by atoms with E-state index >= 15 is 0 Å². The van der Waals surface area contributed by atoms with Crippen molar-refractivity contribution in [2.75, 3.05) is 25.3 Å². The van der Waals surface area contributed by atoms with Gasteiger partial charge in [-0.2, -0.15) is 4.68 Å². The summed E-state index contributed by atoms with van der Waals surface area (Å²) in [5.74, 6) is 1.02. The van der Waals surface area contributed by atoms with Gasteiger partial charge in [0.1, 0.15) is 22.9 Å². The standard InChI is InChI=1S/C20H17ClN6O3S/c1-29-14-6-7-16(30-2)15(9-14)24-17(28)10-31-20-18-19(22-11-23-20)27(26-25-18)13-5-3-4-12(21)8-13/h3-9,11H,10H2,1-2H3,(H,24,28). The lowest BCUT2D eigenvalue weighted by molar-refractivity contribution is -0.113. The molecular weight excluding hydrogens is 440 g/mol. The molecule has 1 amide bonds. The zero-order chi connectivity index (χ0) is 21.8. The predicted octanol–water partition coefficient (Wildman–Crippen LogP) is 3.61. The Balaban J connectivity index is 1.52. The lowest BCUT2D eigenvalue weighted by Crippen LogP contribution is -2.15. The van der Waals surface area contributed by atoms with Crippen LogP contribution >= 0.6 is 23.4 Å². The van der Waals surface area contributed by atoms with E-state index in [9.17, 15) is 4.79 Å². The van der Waals surface area contributed by atoms with E-state index in [0.29, 0.717) is 38.4 Å². The van der Waals surface area contributed by atoms with Crippen molar-refractivity contribution < 1.29 is 14.3 Å². The molecule has 9 nitrogen and oxygen atoms in total. The number of amides is 1. The average molecular weight is 457 g/mol. The second-order valence-corrected chi connectivity index (χ2v) is 7.64. The molecule has 4 rings (SSSR count). The summed E-state index contributed by atoms with van der Waals surface area (Å²) in [4.78, 5) is 21.1. The number of benzene rings is 2. The number of hydrogen-bond donors (Lipinski definition) is 1. The summed E-state index contributed by atoms with van der Waals surface area (Å²) < 4.78 is 12.1. The van der Waals surface area contributed by atoms with Crippen molar-refractivity contribution >= 4 is 46.1 Å². The van der Waals surface area contributed by atoms with Gasteiger partial charge in [0.25, 0.3) is 0 Å². The summed E-state index contributed by atoms with van der Waals surface area (Å²) in [6.45, 7) is 0. The van der Waals surface area contributed by atoms with E-state index in [1.54, 1.807) is 42.1 Å². The van der Waals surface area contributed by atoms with Crippen molar-refractivity contribution in [1.29, 1.82) is 0 Å². The number of anilines is 1. The first-order chi connectivity index (χ1) is 15.1. The van der Waals surface area contributed by atoms with E-state index < -0.39 is 0 Å². The third-order valence-corrected chi connectivity index (χ3v) is 5.49. The largest absolute Gasteiger partial charge is 0.497 e. The van der Waals surface area contributed by atoms with Crippen molar-refractivity contribution in [3.05, 3.63) is 53.8 Å². The number of ether oxygens (including phenoxy) is 2. The lowest BCUT2D eigenvalue weighted by Gasteiger charge is -2.11. The smallest absolute Gasteiger partial charge is 0.234 e. The van der Waals surface area contributed by atoms with Crippen molar-refractivity contribution in [3.63, 3.8) is 0 Å². The van der Waals surface area contributed by atoms with E-state index in [1.807, 2.05) is 12.1 Å². The molecule has 4 aromatic rings. The fourth-order valence-corrected chi connectivity index (χ4v) is 3.76. The molecule has 2 aromatic carbocycles. The first-order valence-electron chi connectivity index (χ1n) is 9.06. The van der Waals surface area contributed by atoms with Crippen LogP contribution in [0.1, 0.15) is 0 Å². The van der Waals surface area contributed by atoms with Crippen LogP contribution in [0.3, 0.4) is 0 Å². The Morgan fingerprint density at radius 3 is 2.81 bits per heavy atom. The molecule has 0 aliphatic rings. The number of nitrogens with zero attached hydrogens (tertiary/aromatic N) is 5. The molecule has 2 heterocycles. The molecule has 11 heteroatoms. The molecule has 1 N–H and O–H groups in total. The van der Waals surface area contributed by atoms with Gasteiger partial charge in [-0.1, -0.05) is 34.6 Å². The number of carbonyl (C=O) groups is 1. The normalized spacial score (nSPS) is 10.8. The number of carbonyl (C=O) groups excluding carboxylic acids is 1. The molecule has 2 aromatic heterocycles. The fraction of sp³-hybridized carbons (Fsp3) is 0.150. The summed E-state index contributed by atoms with van der Waals surface area (Å²) in [6, 6.07) is 12.4. The van der Waals surface area contributed by atoms with Crippen molar-refractivity contribution in [2.24, 2.45) is 0 Å². The van der Waals surface area contributed by atoms with Gasteiger partial charge in [-0.15, -0.1) is 5.10 Å². The first-order valence-corrected chi connectivity index (χ1v) is 10.4. The molecule has 0 saturated heterocycles. The predicted molar refractivity (Wildman–Crippen MR) is 118 cm³/mol. The molecular formula is C20H17ClN6O3S. The monoisotopic (exact) mass is 456 g/mol. The Morgan fingerprint density at radius 2 is 2.03 bits per heavy atom. The quantitative estimate of drug-likeness (QED) is 0.332. The van der Waals surface area contributed by atoms with E-state index in [4.69, 9.17) is 21.1 Å². The van der Waals surface area contributed by atoms with Gasteiger partial charge in [-0.05, 0) is 30.3 Å². The fourth-order valence-electron chi connectivity index (χ4n) is 2.85. The van der Waals surface area contributed by atoms with Crippen LogP contribution in [-0.2, 0) is 4.79 Å². The Labute approximate surface area is 186 Å². The summed E-state index contributed by atoms with van der Waals surface area (Å²) in [5, 5.41) is 12.3. The summed E-state index contributed by atoms with van der Waals surface area (Å²) in [5.41, 5.74) is 2.27. The highest BCUT2D eigenvalue weighted by Gasteiger charge is 2.16. The number of halogens is 1. The van der Waals surface area contributed by atoms with Crippen LogP contribution in [0.2, 0.25) is 5.02 Å². The van der Waals surface area contributed by atoms with Gasteiger partial charge in [0.15, 0.2) is 11.2 Å². The van der Waals surface area contributed by atoms with Crippen molar-refractivity contribution in [1.82, 2.24) is 25.0 Å². The maximum absolute atomic E-state index is 12.5. The van der Waals surface area contributed by atoms with Gasteiger partial charge in [-0.3, -0.25) is 4.79 Å². The molecule has 0 aliphatic heterocycles. The van der Waals surface area contributed by atoms with Gasteiger partial charge in [0, 0.05) is 11.1 Å². The van der Waals surface area contributed by atoms with E-state index in [-0.39, 0.29) is 11.7 Å². The van der Waals surface area contributed by atoms with Gasteiger partial charge >= 0.3 is 0 Å².